The molecule has 3 rings (SSSR count). The van der Waals surface area contributed by atoms with Crippen molar-refractivity contribution in [2.24, 2.45) is 5.92 Å². The molecule has 2 aromatic carbocycles. The molecule has 1 aliphatic heterocycles. The number of carbonyl (C=O) groups is 2. The number of ketones is 1. The van der Waals surface area contributed by atoms with Crippen LogP contribution < -0.4 is 10.2 Å². The predicted molar refractivity (Wildman–Crippen MR) is 105 cm³/mol. The molecule has 8 nitrogen and oxygen atoms in total. The van der Waals surface area contributed by atoms with Gasteiger partial charge in [-0.05, 0) is 44.0 Å². The number of phenols is 1. The van der Waals surface area contributed by atoms with Crippen LogP contribution in [-0.2, 0) is 4.79 Å². The van der Waals surface area contributed by atoms with Crippen LogP contribution in [-0.4, -0.2) is 34.8 Å². The second-order valence-corrected chi connectivity index (χ2v) is 6.78. The van der Waals surface area contributed by atoms with Crippen LogP contribution in [0.2, 0.25) is 0 Å². The van der Waals surface area contributed by atoms with Crippen molar-refractivity contribution in [1.29, 1.82) is 0 Å². The van der Waals surface area contributed by atoms with E-state index < -0.39 is 4.92 Å². The SMILES string of the molecule is CC(=O)c1ccc(N2CCC(C(=O)Nc3ccccc3O)CC2)c([N+](=O)[O-])c1. The van der Waals surface area contributed by atoms with E-state index in [-0.39, 0.29) is 29.0 Å². The van der Waals surface area contributed by atoms with Gasteiger partial charge in [-0.25, -0.2) is 0 Å². The molecule has 0 atom stereocenters. The second kappa shape index (κ2) is 8.08. The number of nitro benzene ring substituents is 1. The first-order valence-corrected chi connectivity index (χ1v) is 9.00. The summed E-state index contributed by atoms with van der Waals surface area (Å²) in [6.07, 6.45) is 1.07. The quantitative estimate of drug-likeness (QED) is 0.354. The van der Waals surface area contributed by atoms with Gasteiger partial charge in [0.05, 0.1) is 10.6 Å². The molecule has 1 amide bonds. The molecule has 0 unspecified atom stereocenters. The van der Waals surface area contributed by atoms with Crippen molar-refractivity contribution in [3.63, 3.8) is 0 Å². The Balaban J connectivity index is 1.68. The van der Waals surface area contributed by atoms with E-state index in [4.69, 9.17) is 0 Å². The van der Waals surface area contributed by atoms with Gasteiger partial charge in [0.15, 0.2) is 5.78 Å². The fourth-order valence-corrected chi connectivity index (χ4v) is 3.35. The Morgan fingerprint density at radius 1 is 1.18 bits per heavy atom. The van der Waals surface area contributed by atoms with E-state index in [0.717, 1.165) is 0 Å². The summed E-state index contributed by atoms with van der Waals surface area (Å²) in [5.74, 6) is -0.641. The number of carbonyl (C=O) groups excluding carboxylic acids is 2. The number of para-hydroxylation sites is 2. The zero-order valence-electron chi connectivity index (χ0n) is 15.4. The van der Waals surface area contributed by atoms with E-state index in [9.17, 15) is 24.8 Å². The number of hydrogen-bond acceptors (Lipinski definition) is 6. The van der Waals surface area contributed by atoms with E-state index in [1.807, 2.05) is 4.90 Å². The predicted octanol–water partition coefficient (Wildman–Crippen LogP) is 3.36. The van der Waals surface area contributed by atoms with Crippen LogP contribution in [0.5, 0.6) is 5.75 Å². The van der Waals surface area contributed by atoms with Crippen molar-refractivity contribution in [3.8, 4) is 5.75 Å². The first-order chi connectivity index (χ1) is 13.4. The summed E-state index contributed by atoms with van der Waals surface area (Å²) in [4.78, 5) is 36.8. The van der Waals surface area contributed by atoms with Gasteiger partial charge in [0.2, 0.25) is 5.91 Å². The Bertz CT molecular complexity index is 920. The number of phenolic OH excluding ortho intramolecular Hbond substituents is 1. The van der Waals surface area contributed by atoms with E-state index in [1.54, 1.807) is 30.3 Å². The highest BCUT2D eigenvalue weighted by Gasteiger charge is 2.29. The van der Waals surface area contributed by atoms with Crippen LogP contribution in [0.1, 0.15) is 30.1 Å². The van der Waals surface area contributed by atoms with E-state index in [1.165, 1.54) is 19.1 Å². The number of nitro groups is 1. The van der Waals surface area contributed by atoms with Crippen molar-refractivity contribution in [2.75, 3.05) is 23.3 Å². The first kappa shape index (κ1) is 19.3. The standard InChI is InChI=1S/C20H21N3O5/c1-13(24)15-6-7-17(18(12-15)23(27)28)22-10-8-14(9-11-22)20(26)21-16-4-2-3-5-19(16)25/h2-7,12,14,25H,8-11H2,1H3,(H,21,26). The number of Topliss-reactive ketones (excluding diaryl/α,β-unsaturated/α-hetero) is 1. The highest BCUT2D eigenvalue weighted by Crippen LogP contribution is 2.33. The number of anilines is 2. The summed E-state index contributed by atoms with van der Waals surface area (Å²) in [6.45, 7) is 2.34. The molecular weight excluding hydrogens is 362 g/mol. The third-order valence-corrected chi connectivity index (χ3v) is 4.95. The number of aromatic hydroxyl groups is 1. The lowest BCUT2D eigenvalue weighted by Crippen LogP contribution is -2.38. The van der Waals surface area contributed by atoms with Crippen LogP contribution in [0.3, 0.4) is 0 Å². The Morgan fingerprint density at radius 3 is 2.46 bits per heavy atom. The molecule has 146 valence electrons. The molecule has 2 N–H and O–H groups in total. The summed E-state index contributed by atoms with van der Waals surface area (Å²) in [5.41, 5.74) is 1.01. The van der Waals surface area contributed by atoms with Gasteiger partial charge in [0, 0.05) is 30.6 Å². The first-order valence-electron chi connectivity index (χ1n) is 9.00. The highest BCUT2D eigenvalue weighted by molar-refractivity contribution is 5.96. The number of rotatable bonds is 5. The molecule has 0 saturated carbocycles. The second-order valence-electron chi connectivity index (χ2n) is 6.78. The molecule has 0 radical (unpaired) electrons. The molecule has 0 aliphatic carbocycles. The molecule has 2 aromatic rings. The number of amides is 1. The molecule has 0 spiro atoms. The van der Waals surface area contributed by atoms with Gasteiger partial charge in [0.25, 0.3) is 5.69 Å². The molecule has 8 heteroatoms. The van der Waals surface area contributed by atoms with Crippen molar-refractivity contribution in [3.05, 3.63) is 58.1 Å². The molecule has 1 fully saturated rings. The average molecular weight is 383 g/mol. The number of benzene rings is 2. The summed E-state index contributed by atoms with van der Waals surface area (Å²) in [7, 11) is 0. The van der Waals surface area contributed by atoms with Crippen LogP contribution in [0, 0.1) is 16.0 Å². The molecule has 0 aromatic heterocycles. The number of nitrogens with one attached hydrogen (secondary N) is 1. The van der Waals surface area contributed by atoms with E-state index in [0.29, 0.717) is 42.9 Å². The highest BCUT2D eigenvalue weighted by atomic mass is 16.6. The monoisotopic (exact) mass is 383 g/mol. The maximum atomic E-state index is 12.5. The minimum absolute atomic E-state index is 0.00877. The third-order valence-electron chi connectivity index (χ3n) is 4.95. The zero-order chi connectivity index (χ0) is 20.3. The molecule has 1 heterocycles. The lowest BCUT2D eigenvalue weighted by Gasteiger charge is -2.32. The van der Waals surface area contributed by atoms with Crippen LogP contribution >= 0.6 is 0 Å². The molecule has 1 saturated heterocycles. The Kier molecular flexibility index (Phi) is 5.58. The van der Waals surface area contributed by atoms with Crippen LogP contribution in [0.25, 0.3) is 0 Å². The summed E-state index contributed by atoms with van der Waals surface area (Å²) in [5, 5.41) is 23.9. The normalized spacial score (nSPS) is 14.5. The molecule has 1 aliphatic rings. The molecule has 0 bridgehead atoms. The largest absolute Gasteiger partial charge is 0.506 e. The van der Waals surface area contributed by atoms with Gasteiger partial charge in [-0.2, -0.15) is 0 Å². The minimum Gasteiger partial charge on any atom is -0.506 e. The molecule has 28 heavy (non-hydrogen) atoms. The maximum Gasteiger partial charge on any atom is 0.293 e. The van der Waals surface area contributed by atoms with Gasteiger partial charge < -0.3 is 15.3 Å². The van der Waals surface area contributed by atoms with Crippen LogP contribution in [0.15, 0.2) is 42.5 Å². The Hall–Kier alpha value is -3.42. The minimum atomic E-state index is -0.487. The summed E-state index contributed by atoms with van der Waals surface area (Å²) >= 11 is 0. The zero-order valence-corrected chi connectivity index (χ0v) is 15.4. The average Bonchev–Trinajstić information content (AvgIpc) is 2.69. The van der Waals surface area contributed by atoms with Crippen LogP contribution in [0.4, 0.5) is 17.1 Å². The van der Waals surface area contributed by atoms with Crippen molar-refractivity contribution in [1.82, 2.24) is 0 Å². The summed E-state index contributed by atoms with van der Waals surface area (Å²) < 4.78 is 0. The fraction of sp³-hybridized carbons (Fsp3) is 0.300. The number of piperidine rings is 1. The van der Waals surface area contributed by atoms with Gasteiger partial charge >= 0.3 is 0 Å². The van der Waals surface area contributed by atoms with Crippen molar-refractivity contribution < 1.29 is 19.6 Å². The van der Waals surface area contributed by atoms with Crippen molar-refractivity contribution in [2.45, 2.75) is 19.8 Å². The number of hydrogen-bond donors (Lipinski definition) is 2. The lowest BCUT2D eigenvalue weighted by molar-refractivity contribution is -0.384. The van der Waals surface area contributed by atoms with E-state index in [2.05, 4.69) is 5.32 Å². The Labute approximate surface area is 161 Å². The summed E-state index contributed by atoms with van der Waals surface area (Å²) in [6, 6.07) is 11.0. The van der Waals surface area contributed by atoms with Crippen molar-refractivity contribution >= 4 is 28.8 Å². The van der Waals surface area contributed by atoms with Gasteiger partial charge in [-0.3, -0.25) is 19.7 Å². The topological polar surface area (TPSA) is 113 Å². The number of nitrogens with zero attached hydrogens (tertiary/aromatic N) is 2. The maximum absolute atomic E-state index is 12.5. The fourth-order valence-electron chi connectivity index (χ4n) is 3.35. The smallest absolute Gasteiger partial charge is 0.293 e. The van der Waals surface area contributed by atoms with Gasteiger partial charge in [-0.1, -0.05) is 12.1 Å². The third kappa shape index (κ3) is 4.11. The van der Waals surface area contributed by atoms with Gasteiger partial charge in [0.1, 0.15) is 11.4 Å². The lowest BCUT2D eigenvalue weighted by atomic mass is 9.95. The van der Waals surface area contributed by atoms with E-state index >= 15 is 0 Å². The van der Waals surface area contributed by atoms with Gasteiger partial charge in [-0.15, -0.1) is 0 Å². The molecular formula is C20H21N3O5. The Morgan fingerprint density at radius 2 is 1.86 bits per heavy atom.